The Kier molecular flexibility index (Phi) is 3.22. The van der Waals surface area contributed by atoms with E-state index in [1.54, 1.807) is 12.1 Å². The van der Waals surface area contributed by atoms with Crippen LogP contribution in [0.15, 0.2) is 30.3 Å². The van der Waals surface area contributed by atoms with Crippen molar-refractivity contribution in [3.8, 4) is 5.75 Å². The number of ether oxygens (including phenoxy) is 2. The average Bonchev–Trinajstić information content (AvgIpc) is 2.17. The number of hydrogen-bond donors (Lipinski definition) is 0. The Hall–Kier alpha value is -1.51. The minimum atomic E-state index is -0.604. The van der Waals surface area contributed by atoms with Crippen LogP contribution in [-0.2, 0) is 4.74 Å². The summed E-state index contributed by atoms with van der Waals surface area (Å²) in [7, 11) is 0. The van der Waals surface area contributed by atoms with Gasteiger partial charge in [-0.3, -0.25) is 0 Å². The molecular weight excluding hydrogens is 192 g/mol. The van der Waals surface area contributed by atoms with Crippen molar-refractivity contribution in [1.29, 1.82) is 0 Å². The van der Waals surface area contributed by atoms with E-state index in [4.69, 9.17) is 9.47 Å². The highest BCUT2D eigenvalue weighted by molar-refractivity contribution is 5.63. The van der Waals surface area contributed by atoms with Crippen LogP contribution in [0.25, 0.3) is 0 Å². The van der Waals surface area contributed by atoms with Gasteiger partial charge in [-0.15, -0.1) is 0 Å². The molecule has 1 aliphatic rings. The predicted octanol–water partition coefficient (Wildman–Crippen LogP) is 3.00. The highest BCUT2D eigenvalue weighted by Crippen LogP contribution is 2.26. The van der Waals surface area contributed by atoms with Gasteiger partial charge in [0, 0.05) is 0 Å². The smallest absolute Gasteiger partial charge is 0.434 e. The maximum atomic E-state index is 11.2. The summed E-state index contributed by atoms with van der Waals surface area (Å²) >= 11 is 0. The summed E-state index contributed by atoms with van der Waals surface area (Å²) in [6.45, 7) is 0.492. The van der Waals surface area contributed by atoms with Gasteiger partial charge in [0.2, 0.25) is 0 Å². The van der Waals surface area contributed by atoms with Gasteiger partial charge >= 0.3 is 6.16 Å². The molecule has 0 heterocycles. The fraction of sp³-hybridized carbons (Fsp3) is 0.417. The molecule has 0 radical (unpaired) electrons. The van der Waals surface area contributed by atoms with Gasteiger partial charge in [-0.25, -0.2) is 4.79 Å². The first-order valence-electron chi connectivity index (χ1n) is 5.24. The maximum Gasteiger partial charge on any atom is 0.513 e. The predicted molar refractivity (Wildman–Crippen MR) is 55.8 cm³/mol. The third-order valence-electron chi connectivity index (χ3n) is 2.61. The summed E-state index contributed by atoms with van der Waals surface area (Å²) < 4.78 is 9.96. The van der Waals surface area contributed by atoms with Crippen molar-refractivity contribution in [1.82, 2.24) is 0 Å². The van der Waals surface area contributed by atoms with Gasteiger partial charge in [0.25, 0.3) is 0 Å². The Morgan fingerprint density at radius 1 is 1.27 bits per heavy atom. The summed E-state index contributed by atoms with van der Waals surface area (Å²) in [5.41, 5.74) is 0. The van der Waals surface area contributed by atoms with Crippen LogP contribution in [0.3, 0.4) is 0 Å². The van der Waals surface area contributed by atoms with Crippen LogP contribution in [0, 0.1) is 5.92 Å². The molecule has 2 rings (SSSR count). The molecule has 1 aromatic rings. The number of para-hydroxylation sites is 1. The minimum Gasteiger partial charge on any atom is -0.434 e. The van der Waals surface area contributed by atoms with Crippen molar-refractivity contribution in [2.45, 2.75) is 19.3 Å². The third kappa shape index (κ3) is 2.98. The number of benzene rings is 1. The highest BCUT2D eigenvalue weighted by Gasteiger charge is 2.19. The van der Waals surface area contributed by atoms with Crippen LogP contribution in [0.2, 0.25) is 0 Å². The average molecular weight is 206 g/mol. The molecule has 1 saturated carbocycles. The molecule has 0 bridgehead atoms. The van der Waals surface area contributed by atoms with Crippen LogP contribution < -0.4 is 4.74 Å². The lowest BCUT2D eigenvalue weighted by atomic mass is 9.86. The molecule has 1 aliphatic carbocycles. The number of rotatable bonds is 3. The molecule has 0 amide bonds. The molecule has 1 aromatic carbocycles. The Morgan fingerprint density at radius 2 is 2.00 bits per heavy atom. The SMILES string of the molecule is O=C(OCC1CCC1)Oc1ccccc1. The number of carbonyl (C=O) groups excluding carboxylic acids is 1. The topological polar surface area (TPSA) is 35.5 Å². The largest absolute Gasteiger partial charge is 0.513 e. The van der Waals surface area contributed by atoms with Gasteiger partial charge < -0.3 is 9.47 Å². The summed E-state index contributed by atoms with van der Waals surface area (Å²) in [4.78, 5) is 11.2. The quantitative estimate of drug-likeness (QED) is 0.563. The first-order valence-corrected chi connectivity index (χ1v) is 5.24. The zero-order valence-corrected chi connectivity index (χ0v) is 8.52. The lowest BCUT2D eigenvalue weighted by molar-refractivity contribution is 0.0682. The second-order valence-corrected chi connectivity index (χ2v) is 3.77. The van der Waals surface area contributed by atoms with Gasteiger partial charge in [-0.05, 0) is 30.9 Å². The van der Waals surface area contributed by atoms with Crippen molar-refractivity contribution >= 4 is 6.16 Å². The van der Waals surface area contributed by atoms with Crippen molar-refractivity contribution in [2.24, 2.45) is 5.92 Å². The van der Waals surface area contributed by atoms with E-state index in [1.165, 1.54) is 19.3 Å². The third-order valence-corrected chi connectivity index (χ3v) is 2.61. The van der Waals surface area contributed by atoms with E-state index in [-0.39, 0.29) is 0 Å². The van der Waals surface area contributed by atoms with Gasteiger partial charge in [-0.2, -0.15) is 0 Å². The summed E-state index contributed by atoms with van der Waals surface area (Å²) in [5.74, 6) is 1.07. The van der Waals surface area contributed by atoms with Crippen LogP contribution in [0.1, 0.15) is 19.3 Å². The molecule has 3 heteroatoms. The molecule has 1 fully saturated rings. The molecule has 0 N–H and O–H groups in total. The zero-order valence-electron chi connectivity index (χ0n) is 8.52. The van der Waals surface area contributed by atoms with E-state index in [0.717, 1.165) is 0 Å². The second-order valence-electron chi connectivity index (χ2n) is 3.77. The molecule has 0 atom stereocenters. The molecule has 0 spiro atoms. The van der Waals surface area contributed by atoms with Crippen LogP contribution in [0.5, 0.6) is 5.75 Å². The molecular formula is C12H14O3. The Balaban J connectivity index is 1.72. The van der Waals surface area contributed by atoms with E-state index in [9.17, 15) is 4.79 Å². The van der Waals surface area contributed by atoms with E-state index < -0.39 is 6.16 Å². The standard InChI is InChI=1S/C12H14O3/c13-12(14-9-10-5-4-6-10)15-11-7-2-1-3-8-11/h1-3,7-8,10H,4-6,9H2. The number of carbonyl (C=O) groups is 1. The first kappa shape index (κ1) is 10.0. The highest BCUT2D eigenvalue weighted by atomic mass is 16.7. The summed E-state index contributed by atoms with van der Waals surface area (Å²) in [5, 5.41) is 0. The summed E-state index contributed by atoms with van der Waals surface area (Å²) in [6.07, 6.45) is 2.98. The molecule has 0 aliphatic heterocycles. The van der Waals surface area contributed by atoms with Gasteiger partial charge in [0.05, 0.1) is 6.61 Å². The van der Waals surface area contributed by atoms with E-state index in [0.29, 0.717) is 18.3 Å². The van der Waals surface area contributed by atoms with Crippen molar-refractivity contribution in [3.05, 3.63) is 30.3 Å². The first-order chi connectivity index (χ1) is 7.34. The normalized spacial score (nSPS) is 15.5. The molecule has 80 valence electrons. The summed E-state index contributed by atoms with van der Waals surface area (Å²) in [6, 6.07) is 8.95. The lowest BCUT2D eigenvalue weighted by Crippen LogP contribution is -2.21. The van der Waals surface area contributed by atoms with Crippen molar-refractivity contribution in [2.75, 3.05) is 6.61 Å². The molecule has 0 unspecified atom stereocenters. The van der Waals surface area contributed by atoms with Crippen LogP contribution >= 0.6 is 0 Å². The maximum absolute atomic E-state index is 11.2. The van der Waals surface area contributed by atoms with E-state index in [2.05, 4.69) is 0 Å². The number of hydrogen-bond acceptors (Lipinski definition) is 3. The fourth-order valence-electron chi connectivity index (χ4n) is 1.46. The minimum absolute atomic E-state index is 0.492. The fourth-order valence-corrected chi connectivity index (χ4v) is 1.46. The lowest BCUT2D eigenvalue weighted by Gasteiger charge is -2.24. The van der Waals surface area contributed by atoms with Gasteiger partial charge in [-0.1, -0.05) is 24.6 Å². The molecule has 0 aromatic heterocycles. The Labute approximate surface area is 89.0 Å². The van der Waals surface area contributed by atoms with Crippen LogP contribution in [0.4, 0.5) is 4.79 Å². The molecule has 15 heavy (non-hydrogen) atoms. The zero-order chi connectivity index (χ0) is 10.5. The van der Waals surface area contributed by atoms with Crippen LogP contribution in [-0.4, -0.2) is 12.8 Å². The Morgan fingerprint density at radius 3 is 2.60 bits per heavy atom. The van der Waals surface area contributed by atoms with Gasteiger partial charge in [0.1, 0.15) is 5.75 Å². The molecule has 3 nitrogen and oxygen atoms in total. The van der Waals surface area contributed by atoms with E-state index in [1.807, 2.05) is 18.2 Å². The molecule has 0 saturated heterocycles. The van der Waals surface area contributed by atoms with E-state index >= 15 is 0 Å². The van der Waals surface area contributed by atoms with Crippen molar-refractivity contribution in [3.63, 3.8) is 0 Å². The Bertz CT molecular complexity index is 317. The second kappa shape index (κ2) is 4.82. The van der Waals surface area contributed by atoms with Crippen molar-refractivity contribution < 1.29 is 14.3 Å². The monoisotopic (exact) mass is 206 g/mol. The van der Waals surface area contributed by atoms with Gasteiger partial charge in [0.15, 0.2) is 0 Å².